The molecule has 1 aliphatic carbocycles. The summed E-state index contributed by atoms with van der Waals surface area (Å²) in [6.45, 7) is 4.33. The van der Waals surface area contributed by atoms with Crippen molar-refractivity contribution in [3.05, 3.63) is 77.4 Å². The molecule has 2 aromatic rings. The average Bonchev–Trinajstić information content (AvgIpc) is 3.40. The van der Waals surface area contributed by atoms with Crippen molar-refractivity contribution in [2.24, 2.45) is 11.8 Å². The summed E-state index contributed by atoms with van der Waals surface area (Å²) in [6.07, 6.45) is 5.80. The summed E-state index contributed by atoms with van der Waals surface area (Å²) in [4.78, 5) is 12.3. The lowest BCUT2D eigenvalue weighted by molar-refractivity contribution is -0.121. The third kappa shape index (κ3) is 6.19. The van der Waals surface area contributed by atoms with Crippen molar-refractivity contribution in [2.75, 3.05) is 0 Å². The quantitative estimate of drug-likeness (QED) is 0.340. The minimum Gasteiger partial charge on any atom is -0.489 e. The molecule has 1 saturated carbocycles. The molecule has 1 aliphatic heterocycles. The number of benzene rings is 2. The van der Waals surface area contributed by atoms with E-state index < -0.39 is 12.2 Å². The van der Waals surface area contributed by atoms with Crippen molar-refractivity contribution >= 4 is 5.91 Å². The maximum Gasteiger partial charge on any atom is 0.220 e. The van der Waals surface area contributed by atoms with Gasteiger partial charge in [-0.2, -0.15) is 0 Å². The number of carbonyl (C=O) groups excluding carboxylic acids is 1. The van der Waals surface area contributed by atoms with Gasteiger partial charge in [-0.1, -0.05) is 67.6 Å². The zero-order valence-corrected chi connectivity index (χ0v) is 21.2. The number of fused-ring (bicyclic) bond motifs is 3. The van der Waals surface area contributed by atoms with Gasteiger partial charge in [0.2, 0.25) is 5.91 Å². The predicted octanol–water partition coefficient (Wildman–Crippen LogP) is 4.52. The lowest BCUT2D eigenvalue weighted by Crippen LogP contribution is -2.22. The summed E-state index contributed by atoms with van der Waals surface area (Å²) < 4.78 is 6.36. The fourth-order valence-electron chi connectivity index (χ4n) is 5.31. The second-order valence-corrected chi connectivity index (χ2v) is 10.00. The van der Waals surface area contributed by atoms with Gasteiger partial charge in [0.25, 0.3) is 0 Å². The molecule has 6 atom stereocenters. The molecule has 0 unspecified atom stereocenters. The van der Waals surface area contributed by atoms with Gasteiger partial charge in [0, 0.05) is 43.2 Å². The Balaban J connectivity index is 1.35. The number of amides is 1. The number of aryl methyl sites for hydroxylation is 1. The van der Waals surface area contributed by atoms with Gasteiger partial charge >= 0.3 is 0 Å². The molecule has 0 saturated heterocycles. The topological polar surface area (TPSA) is 78.8 Å². The number of rotatable bonds is 10. The average molecular weight is 488 g/mol. The third-order valence-electron chi connectivity index (χ3n) is 7.39. The summed E-state index contributed by atoms with van der Waals surface area (Å²) in [5.74, 6) is 6.86. The Bertz CT molecular complexity index is 1120. The molecular weight excluding hydrogens is 450 g/mol. The Labute approximate surface area is 214 Å². The molecule has 2 aromatic carbocycles. The molecule has 36 heavy (non-hydrogen) atoms. The third-order valence-corrected chi connectivity index (χ3v) is 7.39. The molecule has 0 radical (unpaired) electrons. The molecular formula is C31H37NO4. The van der Waals surface area contributed by atoms with Gasteiger partial charge in [0.1, 0.15) is 11.9 Å². The number of aliphatic hydroxyl groups excluding tert-OH is 2. The van der Waals surface area contributed by atoms with Crippen LogP contribution in [0.1, 0.15) is 62.1 Å². The van der Waals surface area contributed by atoms with E-state index in [9.17, 15) is 15.0 Å². The summed E-state index contributed by atoms with van der Waals surface area (Å²) in [5.41, 5.74) is 3.33. The number of hydrogen-bond donors (Lipinski definition) is 3. The highest BCUT2D eigenvalue weighted by atomic mass is 16.5. The molecule has 5 nitrogen and oxygen atoms in total. The zero-order valence-electron chi connectivity index (χ0n) is 21.2. The number of para-hydroxylation sites is 1. The molecule has 4 rings (SSSR count). The van der Waals surface area contributed by atoms with Crippen molar-refractivity contribution < 1.29 is 19.7 Å². The molecule has 2 aliphatic rings. The van der Waals surface area contributed by atoms with Crippen LogP contribution in [0.15, 0.2) is 60.7 Å². The fraction of sp³-hybridized carbons (Fsp3) is 0.452. The van der Waals surface area contributed by atoms with Crippen LogP contribution in [-0.4, -0.2) is 34.4 Å². The SMILES string of the molecule is CC#CC[C@@H](C)[C@H](O)/C=C/[C@@H]1[C@H]2c3cccc(CCCC(=O)NCc4ccccc4)c3O[C@H]2C[C@H]1O. The predicted molar refractivity (Wildman–Crippen MR) is 141 cm³/mol. The molecule has 1 fully saturated rings. The van der Waals surface area contributed by atoms with E-state index in [-0.39, 0.29) is 29.8 Å². The Kier molecular flexibility index (Phi) is 8.85. The van der Waals surface area contributed by atoms with E-state index in [0.29, 0.717) is 25.8 Å². The van der Waals surface area contributed by atoms with Crippen molar-refractivity contribution in [2.45, 2.75) is 76.7 Å². The van der Waals surface area contributed by atoms with Crippen LogP contribution in [0.2, 0.25) is 0 Å². The van der Waals surface area contributed by atoms with Gasteiger partial charge in [0.15, 0.2) is 0 Å². The van der Waals surface area contributed by atoms with Crippen LogP contribution in [0.25, 0.3) is 0 Å². The Morgan fingerprint density at radius 1 is 1.22 bits per heavy atom. The number of ether oxygens (including phenoxy) is 1. The molecule has 0 bridgehead atoms. The Morgan fingerprint density at radius 3 is 2.81 bits per heavy atom. The number of carbonyl (C=O) groups is 1. The van der Waals surface area contributed by atoms with Crippen LogP contribution in [0.5, 0.6) is 5.75 Å². The van der Waals surface area contributed by atoms with Gasteiger partial charge in [-0.05, 0) is 36.8 Å². The van der Waals surface area contributed by atoms with Crippen LogP contribution in [0, 0.1) is 23.7 Å². The van der Waals surface area contributed by atoms with Gasteiger partial charge in [-0.3, -0.25) is 4.79 Å². The van der Waals surface area contributed by atoms with Crippen LogP contribution >= 0.6 is 0 Å². The Hall–Kier alpha value is -3.07. The standard InChI is InChI=1S/C31H37NO4/c1-3-4-10-21(2)26(33)18-17-24-27(34)19-28-30(24)25-15-8-13-23(31(25)36-28)14-9-16-29(35)32-20-22-11-6-5-7-12-22/h5-8,11-13,15,17-18,21,24,26-28,30,33-34H,9-10,14,16,19-20H2,1-2H3,(H,32,35)/b18-17+/t21-,24+,26-,27-,28+,30+/m1/s1. The van der Waals surface area contributed by atoms with Crippen LogP contribution in [-0.2, 0) is 17.8 Å². The largest absolute Gasteiger partial charge is 0.489 e. The summed E-state index contributed by atoms with van der Waals surface area (Å²) in [6, 6.07) is 16.1. The molecule has 3 N–H and O–H groups in total. The number of nitrogens with one attached hydrogen (secondary N) is 1. The van der Waals surface area contributed by atoms with Gasteiger partial charge in [0.05, 0.1) is 12.2 Å². The lowest BCUT2D eigenvalue weighted by Gasteiger charge is -2.19. The first kappa shape index (κ1) is 26.0. The first-order valence-electron chi connectivity index (χ1n) is 13.0. The van der Waals surface area contributed by atoms with E-state index in [1.54, 1.807) is 6.92 Å². The van der Waals surface area contributed by atoms with E-state index in [2.05, 4.69) is 29.3 Å². The summed E-state index contributed by atoms with van der Waals surface area (Å²) in [7, 11) is 0. The first-order valence-corrected chi connectivity index (χ1v) is 13.0. The molecule has 0 aromatic heterocycles. The van der Waals surface area contributed by atoms with Crippen LogP contribution < -0.4 is 10.1 Å². The van der Waals surface area contributed by atoms with Gasteiger partial charge in [-0.15, -0.1) is 11.8 Å². The van der Waals surface area contributed by atoms with Crippen LogP contribution in [0.3, 0.4) is 0 Å². The summed E-state index contributed by atoms with van der Waals surface area (Å²) >= 11 is 0. The molecule has 1 amide bonds. The monoisotopic (exact) mass is 487 g/mol. The van der Waals surface area contributed by atoms with E-state index in [4.69, 9.17) is 4.74 Å². The highest BCUT2D eigenvalue weighted by Crippen LogP contribution is 2.52. The number of aliphatic hydroxyl groups is 2. The molecule has 1 heterocycles. The minimum atomic E-state index is -0.599. The highest BCUT2D eigenvalue weighted by Gasteiger charge is 2.48. The van der Waals surface area contributed by atoms with Crippen molar-refractivity contribution in [3.63, 3.8) is 0 Å². The van der Waals surface area contributed by atoms with Crippen molar-refractivity contribution in [1.29, 1.82) is 0 Å². The summed E-state index contributed by atoms with van der Waals surface area (Å²) in [5, 5.41) is 24.2. The molecule has 5 heteroatoms. The maximum atomic E-state index is 12.3. The number of hydrogen-bond acceptors (Lipinski definition) is 4. The van der Waals surface area contributed by atoms with E-state index in [0.717, 1.165) is 35.3 Å². The normalized spacial score (nSPS) is 23.8. The van der Waals surface area contributed by atoms with Crippen molar-refractivity contribution in [1.82, 2.24) is 5.32 Å². The minimum absolute atomic E-state index is 0.0339. The second-order valence-electron chi connectivity index (χ2n) is 10.00. The highest BCUT2D eigenvalue weighted by molar-refractivity contribution is 5.75. The van der Waals surface area contributed by atoms with E-state index >= 15 is 0 Å². The zero-order chi connectivity index (χ0) is 25.5. The smallest absolute Gasteiger partial charge is 0.220 e. The molecule has 0 spiro atoms. The van der Waals surface area contributed by atoms with Gasteiger partial charge in [-0.25, -0.2) is 0 Å². The van der Waals surface area contributed by atoms with E-state index in [1.165, 1.54) is 0 Å². The van der Waals surface area contributed by atoms with Crippen LogP contribution in [0.4, 0.5) is 0 Å². The second kappa shape index (κ2) is 12.3. The first-order chi connectivity index (χ1) is 17.5. The Morgan fingerprint density at radius 2 is 2.03 bits per heavy atom. The lowest BCUT2D eigenvalue weighted by atomic mass is 9.86. The van der Waals surface area contributed by atoms with E-state index in [1.807, 2.05) is 55.5 Å². The van der Waals surface area contributed by atoms with Gasteiger partial charge < -0.3 is 20.3 Å². The fourth-order valence-corrected chi connectivity index (χ4v) is 5.31. The molecule has 190 valence electrons. The maximum absolute atomic E-state index is 12.3. The van der Waals surface area contributed by atoms with Crippen molar-refractivity contribution in [3.8, 4) is 17.6 Å².